The van der Waals surface area contributed by atoms with E-state index in [4.69, 9.17) is 27.9 Å². The highest BCUT2D eigenvalue weighted by Gasteiger charge is 1.97. The lowest BCUT2D eigenvalue weighted by molar-refractivity contribution is 0.111. The minimum absolute atomic E-state index is 0.188. The fourth-order valence-electron chi connectivity index (χ4n) is 0.731. The second-order valence-corrected chi connectivity index (χ2v) is 3.08. The van der Waals surface area contributed by atoms with E-state index in [1.165, 1.54) is 11.7 Å². The molecule has 1 aromatic rings. The van der Waals surface area contributed by atoms with E-state index < -0.39 is 0 Å². The Hall–Kier alpha value is -1.06. The Labute approximate surface area is 91.3 Å². The van der Waals surface area contributed by atoms with Crippen LogP contribution in [-0.4, -0.2) is 17.9 Å². The van der Waals surface area contributed by atoms with Crippen LogP contribution in [0.5, 0.6) is 5.75 Å². The average Bonchev–Trinajstić information content (AvgIpc) is 2.26. The maximum atomic E-state index is 10.3. The van der Waals surface area contributed by atoms with E-state index in [1.807, 2.05) is 0 Å². The number of halogens is 2. The van der Waals surface area contributed by atoms with Crippen molar-refractivity contribution in [3.63, 3.8) is 0 Å². The smallest absolute Gasteiger partial charge is 0.168 e. The molecule has 1 aromatic heterocycles. The van der Waals surface area contributed by atoms with Crippen LogP contribution >= 0.6 is 23.2 Å². The maximum absolute atomic E-state index is 10.3. The van der Waals surface area contributed by atoms with Gasteiger partial charge < -0.3 is 4.74 Å². The van der Waals surface area contributed by atoms with Crippen molar-refractivity contribution in [3.05, 3.63) is 34.6 Å². The fraction of sp³-hybridized carbons (Fsp3) is 0.111. The maximum Gasteiger partial charge on any atom is 0.168 e. The van der Waals surface area contributed by atoms with Crippen molar-refractivity contribution >= 4 is 29.5 Å². The summed E-state index contributed by atoms with van der Waals surface area (Å²) >= 11 is 10.9. The molecule has 0 unspecified atom stereocenters. The van der Waals surface area contributed by atoms with Gasteiger partial charge in [-0.2, -0.15) is 0 Å². The molecule has 3 nitrogen and oxygen atoms in total. The largest absolute Gasteiger partial charge is 0.486 e. The van der Waals surface area contributed by atoms with Crippen molar-refractivity contribution in [2.75, 3.05) is 6.61 Å². The van der Waals surface area contributed by atoms with Crippen molar-refractivity contribution in [1.29, 1.82) is 0 Å². The Bertz CT molecular complexity index is 335. The minimum atomic E-state index is 0.188. The molecule has 0 aromatic carbocycles. The van der Waals surface area contributed by atoms with Crippen LogP contribution < -0.4 is 4.74 Å². The molecule has 0 N–H and O–H groups in total. The van der Waals surface area contributed by atoms with Gasteiger partial charge >= 0.3 is 0 Å². The molecule has 0 aliphatic rings. The lowest BCUT2D eigenvalue weighted by atomic mass is 10.4. The molecule has 0 aliphatic heterocycles. The summed E-state index contributed by atoms with van der Waals surface area (Å²) in [5.74, 6) is 0.535. The van der Waals surface area contributed by atoms with Crippen molar-refractivity contribution in [2.24, 2.45) is 0 Å². The third-order valence-corrected chi connectivity index (χ3v) is 1.97. The van der Waals surface area contributed by atoms with Crippen molar-refractivity contribution in [2.45, 2.75) is 0 Å². The molecule has 0 bridgehead atoms. The number of aromatic nitrogens is 1. The van der Waals surface area contributed by atoms with E-state index in [2.05, 4.69) is 4.98 Å². The van der Waals surface area contributed by atoms with Crippen LogP contribution in [-0.2, 0) is 0 Å². The first-order valence-corrected chi connectivity index (χ1v) is 4.56. The number of carbonyl (C=O) groups excluding carboxylic acids is 1. The minimum Gasteiger partial charge on any atom is -0.486 e. The first-order chi connectivity index (χ1) is 6.76. The molecule has 74 valence electrons. The summed E-state index contributed by atoms with van der Waals surface area (Å²) in [5.41, 5.74) is 1.59. The number of nitrogens with zero attached hydrogens (tertiary/aromatic N) is 1. The van der Waals surface area contributed by atoms with Gasteiger partial charge in [-0.15, -0.1) is 0 Å². The number of rotatable bonds is 4. The number of ether oxygens (including phenoxy) is 1. The van der Waals surface area contributed by atoms with Crippen molar-refractivity contribution in [1.82, 2.24) is 4.98 Å². The first-order valence-electron chi connectivity index (χ1n) is 3.75. The van der Waals surface area contributed by atoms with E-state index in [-0.39, 0.29) is 6.61 Å². The van der Waals surface area contributed by atoms with Gasteiger partial charge in [-0.1, -0.05) is 23.2 Å². The monoisotopic (exact) mass is 231 g/mol. The summed E-state index contributed by atoms with van der Waals surface area (Å²) in [6.07, 6.45) is 2.11. The Morgan fingerprint density at radius 1 is 1.57 bits per heavy atom. The quantitative estimate of drug-likeness (QED) is 0.749. The summed E-state index contributed by atoms with van der Waals surface area (Å²) < 4.78 is 5.20. The highest BCUT2D eigenvalue weighted by Crippen LogP contribution is 2.11. The zero-order valence-corrected chi connectivity index (χ0v) is 8.63. The normalized spacial score (nSPS) is 11.1. The Kier molecular flexibility index (Phi) is 4.43. The van der Waals surface area contributed by atoms with Crippen LogP contribution in [0.25, 0.3) is 0 Å². The van der Waals surface area contributed by atoms with E-state index >= 15 is 0 Å². The third kappa shape index (κ3) is 3.36. The zero-order chi connectivity index (χ0) is 10.4. The molecule has 14 heavy (non-hydrogen) atoms. The molecular weight excluding hydrogens is 225 g/mol. The molecule has 0 amide bonds. The summed E-state index contributed by atoms with van der Waals surface area (Å²) in [6, 6.07) is 3.19. The summed E-state index contributed by atoms with van der Waals surface area (Å²) in [7, 11) is 0. The van der Waals surface area contributed by atoms with Gasteiger partial charge in [0, 0.05) is 5.54 Å². The van der Waals surface area contributed by atoms with Crippen molar-refractivity contribution < 1.29 is 9.53 Å². The number of carbonyl (C=O) groups is 1. The molecule has 1 rings (SSSR count). The molecule has 0 saturated carbocycles. The van der Waals surface area contributed by atoms with Gasteiger partial charge in [0.25, 0.3) is 0 Å². The van der Waals surface area contributed by atoms with Crippen LogP contribution in [0, 0.1) is 0 Å². The van der Waals surface area contributed by atoms with Crippen LogP contribution in [0.1, 0.15) is 10.5 Å². The van der Waals surface area contributed by atoms with Crippen LogP contribution in [0.15, 0.2) is 28.9 Å². The highest BCUT2D eigenvalue weighted by atomic mass is 35.5. The topological polar surface area (TPSA) is 39.2 Å². The average molecular weight is 232 g/mol. The van der Waals surface area contributed by atoms with Crippen molar-refractivity contribution in [3.8, 4) is 5.75 Å². The molecular formula is C9H7Cl2NO2. The number of hydrogen-bond acceptors (Lipinski definition) is 3. The fourth-order valence-corrected chi connectivity index (χ4v) is 0.848. The molecule has 0 saturated heterocycles. The predicted octanol–water partition coefficient (Wildman–Crippen LogP) is 2.59. The number of hydrogen-bond donors (Lipinski definition) is 0. The molecule has 0 spiro atoms. The molecule has 0 fully saturated rings. The van der Waals surface area contributed by atoms with Gasteiger partial charge in [0.05, 0.1) is 11.2 Å². The zero-order valence-electron chi connectivity index (χ0n) is 7.11. The summed E-state index contributed by atoms with van der Waals surface area (Å²) in [5, 5.41) is 0.395. The van der Waals surface area contributed by atoms with Crippen LogP contribution in [0.4, 0.5) is 0 Å². The lowest BCUT2D eigenvalue weighted by Crippen LogP contribution is -1.97. The van der Waals surface area contributed by atoms with Gasteiger partial charge in [0.15, 0.2) is 6.29 Å². The highest BCUT2D eigenvalue weighted by molar-refractivity contribution is 6.36. The molecule has 0 atom stereocenters. The SMILES string of the molecule is O=Cc1ccc(OCC(Cl)=CCl)cn1. The number of aldehydes is 1. The summed E-state index contributed by atoms with van der Waals surface area (Å²) in [6.45, 7) is 0.188. The van der Waals surface area contributed by atoms with Gasteiger partial charge in [-0.3, -0.25) is 4.79 Å². The third-order valence-electron chi connectivity index (χ3n) is 1.38. The van der Waals surface area contributed by atoms with Gasteiger partial charge in [-0.25, -0.2) is 4.98 Å². The van der Waals surface area contributed by atoms with Crippen LogP contribution in [0.2, 0.25) is 0 Å². The Morgan fingerprint density at radius 2 is 2.36 bits per heavy atom. The van der Waals surface area contributed by atoms with Gasteiger partial charge in [0.2, 0.25) is 0 Å². The first kappa shape index (κ1) is 11.0. The summed E-state index contributed by atoms with van der Waals surface area (Å²) in [4.78, 5) is 14.1. The Balaban J connectivity index is 2.56. The van der Waals surface area contributed by atoms with Gasteiger partial charge in [-0.05, 0) is 12.1 Å². The van der Waals surface area contributed by atoms with E-state index in [0.29, 0.717) is 22.8 Å². The standard InChI is InChI=1S/C9H7Cl2NO2/c10-3-7(11)6-14-9-2-1-8(5-13)12-4-9/h1-5H,6H2. The van der Waals surface area contributed by atoms with E-state index in [9.17, 15) is 4.79 Å². The molecule has 5 heteroatoms. The van der Waals surface area contributed by atoms with E-state index in [0.717, 1.165) is 0 Å². The van der Waals surface area contributed by atoms with E-state index in [1.54, 1.807) is 12.1 Å². The lowest BCUT2D eigenvalue weighted by Gasteiger charge is -2.03. The second kappa shape index (κ2) is 5.62. The number of pyridine rings is 1. The molecule has 0 aliphatic carbocycles. The van der Waals surface area contributed by atoms with Crippen LogP contribution in [0.3, 0.4) is 0 Å². The molecule has 0 radical (unpaired) electrons. The second-order valence-electron chi connectivity index (χ2n) is 2.38. The van der Waals surface area contributed by atoms with Gasteiger partial charge in [0.1, 0.15) is 18.1 Å². The predicted molar refractivity (Wildman–Crippen MR) is 54.9 cm³/mol. The Morgan fingerprint density at radius 3 is 2.86 bits per heavy atom. The molecule has 1 heterocycles.